The SMILES string of the molecule is COCc1ccc(CNCCC(=O)Nc2ccc(Br)cc2)cc1. The molecule has 0 unspecified atom stereocenters. The molecule has 1 amide bonds. The van der Waals surface area contributed by atoms with Crippen LogP contribution in [0.15, 0.2) is 53.0 Å². The second-order valence-electron chi connectivity index (χ2n) is 5.23. The van der Waals surface area contributed by atoms with E-state index in [-0.39, 0.29) is 5.91 Å². The van der Waals surface area contributed by atoms with Gasteiger partial charge in [-0.3, -0.25) is 4.79 Å². The Kier molecular flexibility index (Phi) is 7.26. The maximum absolute atomic E-state index is 11.8. The lowest BCUT2D eigenvalue weighted by Gasteiger charge is -2.07. The molecular weight excluding hydrogens is 356 g/mol. The minimum Gasteiger partial charge on any atom is -0.380 e. The first kappa shape index (κ1) is 17.7. The van der Waals surface area contributed by atoms with E-state index in [0.717, 1.165) is 22.3 Å². The van der Waals surface area contributed by atoms with Crippen LogP contribution < -0.4 is 10.6 Å². The first-order valence-electron chi connectivity index (χ1n) is 7.50. The van der Waals surface area contributed by atoms with E-state index < -0.39 is 0 Å². The highest BCUT2D eigenvalue weighted by molar-refractivity contribution is 9.10. The normalized spacial score (nSPS) is 10.5. The number of anilines is 1. The summed E-state index contributed by atoms with van der Waals surface area (Å²) in [5, 5.41) is 6.16. The summed E-state index contributed by atoms with van der Waals surface area (Å²) < 4.78 is 6.08. The number of halogens is 1. The third kappa shape index (κ3) is 6.52. The van der Waals surface area contributed by atoms with Gasteiger partial charge >= 0.3 is 0 Å². The molecule has 5 heteroatoms. The van der Waals surface area contributed by atoms with Crippen LogP contribution >= 0.6 is 15.9 Å². The molecule has 0 aliphatic heterocycles. The summed E-state index contributed by atoms with van der Waals surface area (Å²) in [4.78, 5) is 11.8. The fourth-order valence-corrected chi connectivity index (χ4v) is 2.38. The molecule has 0 aromatic heterocycles. The Hall–Kier alpha value is -1.69. The van der Waals surface area contributed by atoms with E-state index >= 15 is 0 Å². The summed E-state index contributed by atoms with van der Waals surface area (Å²) in [7, 11) is 1.69. The molecule has 2 aromatic carbocycles. The zero-order valence-electron chi connectivity index (χ0n) is 13.1. The number of rotatable bonds is 8. The zero-order chi connectivity index (χ0) is 16.5. The maximum atomic E-state index is 11.8. The summed E-state index contributed by atoms with van der Waals surface area (Å²) in [6.45, 7) is 2.02. The third-order valence-electron chi connectivity index (χ3n) is 3.32. The number of methoxy groups -OCH3 is 1. The minimum absolute atomic E-state index is 0.00950. The van der Waals surface area contributed by atoms with Crippen LogP contribution in [0.2, 0.25) is 0 Å². The Morgan fingerprint density at radius 1 is 1.04 bits per heavy atom. The Balaban J connectivity index is 1.66. The van der Waals surface area contributed by atoms with Gasteiger partial charge in [0.15, 0.2) is 0 Å². The second-order valence-corrected chi connectivity index (χ2v) is 6.15. The van der Waals surface area contributed by atoms with Gasteiger partial charge in [0.25, 0.3) is 0 Å². The molecule has 0 bridgehead atoms. The predicted molar refractivity (Wildman–Crippen MR) is 96.3 cm³/mol. The first-order valence-corrected chi connectivity index (χ1v) is 8.29. The largest absolute Gasteiger partial charge is 0.380 e. The van der Waals surface area contributed by atoms with E-state index in [4.69, 9.17) is 4.74 Å². The van der Waals surface area contributed by atoms with Gasteiger partial charge in [-0.2, -0.15) is 0 Å². The van der Waals surface area contributed by atoms with E-state index in [1.165, 1.54) is 5.56 Å². The van der Waals surface area contributed by atoms with Crippen molar-refractivity contribution in [2.24, 2.45) is 0 Å². The van der Waals surface area contributed by atoms with Gasteiger partial charge in [0, 0.05) is 36.8 Å². The Labute approximate surface area is 145 Å². The molecule has 0 saturated carbocycles. The van der Waals surface area contributed by atoms with E-state index in [0.29, 0.717) is 19.6 Å². The molecule has 0 saturated heterocycles. The molecule has 0 fully saturated rings. The van der Waals surface area contributed by atoms with Crippen LogP contribution in [0.3, 0.4) is 0 Å². The van der Waals surface area contributed by atoms with Crippen molar-refractivity contribution in [1.29, 1.82) is 0 Å². The van der Waals surface area contributed by atoms with Crippen molar-refractivity contribution in [2.45, 2.75) is 19.6 Å². The van der Waals surface area contributed by atoms with Crippen LogP contribution in [0.5, 0.6) is 0 Å². The Bertz CT molecular complexity index is 612. The van der Waals surface area contributed by atoms with Crippen LogP contribution in [0.4, 0.5) is 5.69 Å². The molecule has 4 nitrogen and oxygen atoms in total. The van der Waals surface area contributed by atoms with Crippen molar-refractivity contribution in [1.82, 2.24) is 5.32 Å². The molecule has 2 rings (SSSR count). The average Bonchev–Trinajstić information content (AvgIpc) is 2.55. The van der Waals surface area contributed by atoms with Gasteiger partial charge < -0.3 is 15.4 Å². The molecule has 23 heavy (non-hydrogen) atoms. The first-order chi connectivity index (χ1) is 11.2. The van der Waals surface area contributed by atoms with Gasteiger partial charge in [0.05, 0.1) is 6.61 Å². The number of benzene rings is 2. The molecule has 2 N–H and O–H groups in total. The average molecular weight is 377 g/mol. The number of carbonyl (C=O) groups excluding carboxylic acids is 1. The van der Waals surface area contributed by atoms with Crippen molar-refractivity contribution >= 4 is 27.5 Å². The van der Waals surface area contributed by atoms with Crippen LogP contribution in [0.1, 0.15) is 17.5 Å². The smallest absolute Gasteiger partial charge is 0.225 e. The maximum Gasteiger partial charge on any atom is 0.225 e. The lowest BCUT2D eigenvalue weighted by Crippen LogP contribution is -2.21. The number of hydrogen-bond donors (Lipinski definition) is 2. The molecule has 0 atom stereocenters. The highest BCUT2D eigenvalue weighted by atomic mass is 79.9. The fourth-order valence-electron chi connectivity index (χ4n) is 2.11. The highest BCUT2D eigenvalue weighted by Crippen LogP contribution is 2.14. The second kappa shape index (κ2) is 9.45. The van der Waals surface area contributed by atoms with Gasteiger partial charge in [-0.05, 0) is 35.4 Å². The van der Waals surface area contributed by atoms with E-state index in [1.807, 2.05) is 24.3 Å². The van der Waals surface area contributed by atoms with Gasteiger partial charge in [-0.25, -0.2) is 0 Å². The molecule has 0 radical (unpaired) electrons. The number of ether oxygens (including phenoxy) is 1. The molecule has 122 valence electrons. The number of hydrogen-bond acceptors (Lipinski definition) is 3. The molecule has 0 aliphatic rings. The summed E-state index contributed by atoms with van der Waals surface area (Å²) in [6.07, 6.45) is 0.442. The van der Waals surface area contributed by atoms with Gasteiger partial charge in [0.2, 0.25) is 5.91 Å². The Morgan fingerprint density at radius 2 is 1.70 bits per heavy atom. The van der Waals surface area contributed by atoms with Gasteiger partial charge in [-0.1, -0.05) is 40.2 Å². The van der Waals surface area contributed by atoms with Crippen LogP contribution in [-0.4, -0.2) is 19.6 Å². The zero-order valence-corrected chi connectivity index (χ0v) is 14.7. The molecular formula is C18H21BrN2O2. The van der Waals surface area contributed by atoms with Crippen molar-refractivity contribution < 1.29 is 9.53 Å². The third-order valence-corrected chi connectivity index (χ3v) is 3.85. The van der Waals surface area contributed by atoms with E-state index in [2.05, 4.69) is 50.8 Å². The summed E-state index contributed by atoms with van der Waals surface area (Å²) in [6, 6.07) is 15.8. The highest BCUT2D eigenvalue weighted by Gasteiger charge is 2.02. The fraction of sp³-hybridized carbons (Fsp3) is 0.278. The van der Waals surface area contributed by atoms with E-state index in [9.17, 15) is 4.79 Å². The predicted octanol–water partition coefficient (Wildman–Crippen LogP) is 3.71. The molecule has 0 heterocycles. The van der Waals surface area contributed by atoms with Crippen molar-refractivity contribution in [2.75, 3.05) is 19.0 Å². The topological polar surface area (TPSA) is 50.4 Å². The summed E-state index contributed by atoms with van der Waals surface area (Å²) in [5.41, 5.74) is 3.16. The van der Waals surface area contributed by atoms with Crippen LogP contribution in [-0.2, 0) is 22.7 Å². The monoisotopic (exact) mass is 376 g/mol. The Morgan fingerprint density at radius 3 is 2.35 bits per heavy atom. The minimum atomic E-state index is 0.00950. The van der Waals surface area contributed by atoms with Crippen LogP contribution in [0, 0.1) is 0 Å². The standard InChI is InChI=1S/C18H21BrN2O2/c1-23-13-15-4-2-14(3-5-15)12-20-11-10-18(22)21-17-8-6-16(19)7-9-17/h2-9,20H,10-13H2,1H3,(H,21,22). The quantitative estimate of drug-likeness (QED) is 0.690. The number of carbonyl (C=O) groups is 1. The summed E-state index contributed by atoms with van der Waals surface area (Å²) in [5.74, 6) is 0.00950. The lowest BCUT2D eigenvalue weighted by molar-refractivity contribution is -0.116. The number of amides is 1. The van der Waals surface area contributed by atoms with Gasteiger partial charge in [0.1, 0.15) is 0 Å². The lowest BCUT2D eigenvalue weighted by atomic mass is 10.1. The molecule has 0 aliphatic carbocycles. The molecule has 2 aromatic rings. The van der Waals surface area contributed by atoms with Crippen molar-refractivity contribution in [3.8, 4) is 0 Å². The molecule has 0 spiro atoms. The van der Waals surface area contributed by atoms with E-state index in [1.54, 1.807) is 7.11 Å². The summed E-state index contributed by atoms with van der Waals surface area (Å²) >= 11 is 3.37. The van der Waals surface area contributed by atoms with Crippen LogP contribution in [0.25, 0.3) is 0 Å². The number of nitrogens with one attached hydrogen (secondary N) is 2. The van der Waals surface area contributed by atoms with Crippen molar-refractivity contribution in [3.63, 3.8) is 0 Å². The van der Waals surface area contributed by atoms with Gasteiger partial charge in [-0.15, -0.1) is 0 Å². The van der Waals surface area contributed by atoms with Crippen molar-refractivity contribution in [3.05, 3.63) is 64.1 Å².